The lowest BCUT2D eigenvalue weighted by atomic mass is 10.0. The van der Waals surface area contributed by atoms with E-state index in [2.05, 4.69) is 35.0 Å². The molecule has 0 radical (unpaired) electrons. The Balaban J connectivity index is 2.16. The minimum absolute atomic E-state index is 0.118. The van der Waals surface area contributed by atoms with Crippen LogP contribution in [0.5, 0.6) is 0 Å². The van der Waals surface area contributed by atoms with Gasteiger partial charge in [-0.25, -0.2) is 0 Å². The molecule has 0 amide bonds. The molecule has 0 aliphatic heterocycles. The van der Waals surface area contributed by atoms with Gasteiger partial charge in [-0.3, -0.25) is 0 Å². The smallest absolute Gasteiger partial charge is 0.125 e. The molecule has 1 N–H and O–H groups in total. The van der Waals surface area contributed by atoms with Crippen LogP contribution in [0, 0.1) is 0 Å². The van der Waals surface area contributed by atoms with Gasteiger partial charge in [-0.2, -0.15) is 0 Å². The van der Waals surface area contributed by atoms with E-state index in [0.717, 1.165) is 5.76 Å². The highest BCUT2D eigenvalue weighted by molar-refractivity contribution is 7.17. The van der Waals surface area contributed by atoms with Crippen LogP contribution in [-0.4, -0.2) is 7.05 Å². The van der Waals surface area contributed by atoms with Crippen LogP contribution in [0.2, 0.25) is 0 Å². The van der Waals surface area contributed by atoms with E-state index in [1.165, 1.54) is 15.6 Å². The molecule has 2 nitrogen and oxygen atoms in total. The Morgan fingerprint density at radius 1 is 1.18 bits per heavy atom. The van der Waals surface area contributed by atoms with E-state index < -0.39 is 0 Å². The van der Waals surface area contributed by atoms with Crippen molar-refractivity contribution in [2.24, 2.45) is 0 Å². The molecule has 0 saturated heterocycles. The van der Waals surface area contributed by atoms with Crippen molar-refractivity contribution in [3.63, 3.8) is 0 Å². The number of hydrogen-bond acceptors (Lipinski definition) is 3. The van der Waals surface area contributed by atoms with Gasteiger partial charge in [0.15, 0.2) is 0 Å². The van der Waals surface area contributed by atoms with Gasteiger partial charge in [0.25, 0.3) is 0 Å². The largest absolute Gasteiger partial charge is 0.467 e. The van der Waals surface area contributed by atoms with Crippen molar-refractivity contribution in [1.29, 1.82) is 0 Å². The second-order valence-corrected chi connectivity index (χ2v) is 4.84. The van der Waals surface area contributed by atoms with E-state index in [1.807, 2.05) is 19.2 Å². The number of thiophene rings is 1. The van der Waals surface area contributed by atoms with Gasteiger partial charge in [0.2, 0.25) is 0 Å². The quantitative estimate of drug-likeness (QED) is 0.757. The first-order valence-electron chi connectivity index (χ1n) is 5.57. The molecule has 1 aromatic carbocycles. The normalized spacial score (nSPS) is 13.0. The van der Waals surface area contributed by atoms with Crippen molar-refractivity contribution in [3.8, 4) is 0 Å². The summed E-state index contributed by atoms with van der Waals surface area (Å²) < 4.78 is 6.83. The summed E-state index contributed by atoms with van der Waals surface area (Å²) in [6, 6.07) is 12.6. The summed E-state index contributed by atoms with van der Waals surface area (Å²) in [6.07, 6.45) is 1.72. The predicted octanol–water partition coefficient (Wildman–Crippen LogP) is 3.80. The molecule has 17 heavy (non-hydrogen) atoms. The van der Waals surface area contributed by atoms with Crippen LogP contribution in [0.25, 0.3) is 10.1 Å². The van der Waals surface area contributed by atoms with Crippen LogP contribution < -0.4 is 5.32 Å². The van der Waals surface area contributed by atoms with E-state index in [-0.39, 0.29) is 6.04 Å². The van der Waals surface area contributed by atoms with Crippen LogP contribution in [0.1, 0.15) is 17.4 Å². The van der Waals surface area contributed by atoms with Gasteiger partial charge >= 0.3 is 0 Å². The first-order chi connectivity index (χ1) is 8.40. The van der Waals surface area contributed by atoms with Crippen molar-refractivity contribution in [1.82, 2.24) is 5.32 Å². The third-order valence-electron chi connectivity index (χ3n) is 2.94. The summed E-state index contributed by atoms with van der Waals surface area (Å²) >= 11 is 1.77. The Kier molecular flexibility index (Phi) is 2.71. The molecule has 3 heteroatoms. The number of hydrogen-bond donors (Lipinski definition) is 1. The van der Waals surface area contributed by atoms with Gasteiger partial charge in [-0.05, 0) is 41.6 Å². The van der Waals surface area contributed by atoms with Crippen molar-refractivity contribution < 1.29 is 4.42 Å². The molecule has 0 saturated carbocycles. The Hall–Kier alpha value is -1.58. The first-order valence-corrected chi connectivity index (χ1v) is 6.45. The highest BCUT2D eigenvalue weighted by Crippen LogP contribution is 2.32. The molecule has 0 fully saturated rings. The van der Waals surface area contributed by atoms with Gasteiger partial charge in [0.1, 0.15) is 5.76 Å². The Bertz CT molecular complexity index is 612. The maximum absolute atomic E-state index is 5.51. The van der Waals surface area contributed by atoms with Crippen LogP contribution in [0.15, 0.2) is 52.5 Å². The number of fused-ring (bicyclic) bond motifs is 1. The lowest BCUT2D eigenvalue weighted by molar-refractivity contribution is 0.465. The second kappa shape index (κ2) is 4.35. The molecule has 2 heterocycles. The fourth-order valence-corrected chi connectivity index (χ4v) is 3.09. The van der Waals surface area contributed by atoms with Gasteiger partial charge in [0, 0.05) is 4.70 Å². The SMILES string of the molecule is CNC(c1ccco1)c1cccc2ccsc12. The Labute approximate surface area is 104 Å². The van der Waals surface area contributed by atoms with E-state index >= 15 is 0 Å². The zero-order valence-corrected chi connectivity index (χ0v) is 10.3. The minimum atomic E-state index is 0.118. The van der Waals surface area contributed by atoms with E-state index in [9.17, 15) is 0 Å². The highest BCUT2D eigenvalue weighted by atomic mass is 32.1. The van der Waals surface area contributed by atoms with Crippen LogP contribution in [-0.2, 0) is 0 Å². The lowest BCUT2D eigenvalue weighted by Gasteiger charge is -2.14. The zero-order chi connectivity index (χ0) is 11.7. The summed E-state index contributed by atoms with van der Waals surface area (Å²) in [5, 5.41) is 6.73. The molecular weight excluding hydrogens is 230 g/mol. The van der Waals surface area contributed by atoms with Gasteiger partial charge in [-0.15, -0.1) is 11.3 Å². The summed E-state index contributed by atoms with van der Waals surface area (Å²) in [5.41, 5.74) is 1.27. The van der Waals surface area contributed by atoms with E-state index in [4.69, 9.17) is 4.42 Å². The Morgan fingerprint density at radius 2 is 2.12 bits per heavy atom. The van der Waals surface area contributed by atoms with Crippen LogP contribution in [0.3, 0.4) is 0 Å². The lowest BCUT2D eigenvalue weighted by Crippen LogP contribution is -2.16. The van der Waals surface area contributed by atoms with E-state index in [1.54, 1.807) is 17.6 Å². The average Bonchev–Trinajstić information content (AvgIpc) is 3.00. The maximum Gasteiger partial charge on any atom is 0.125 e. The van der Waals surface area contributed by atoms with Gasteiger partial charge in [-0.1, -0.05) is 18.2 Å². The topological polar surface area (TPSA) is 25.2 Å². The van der Waals surface area contributed by atoms with Crippen molar-refractivity contribution >= 4 is 21.4 Å². The molecule has 0 aliphatic carbocycles. The molecule has 1 atom stereocenters. The zero-order valence-electron chi connectivity index (χ0n) is 9.51. The number of nitrogens with one attached hydrogen (secondary N) is 1. The fourth-order valence-electron chi connectivity index (χ4n) is 2.15. The summed E-state index contributed by atoms with van der Waals surface area (Å²) in [6.45, 7) is 0. The summed E-state index contributed by atoms with van der Waals surface area (Å²) in [7, 11) is 1.96. The molecule has 2 aromatic heterocycles. The predicted molar refractivity (Wildman–Crippen MR) is 71.4 cm³/mol. The Morgan fingerprint density at radius 3 is 2.88 bits per heavy atom. The van der Waals surface area contributed by atoms with Gasteiger partial charge < -0.3 is 9.73 Å². The molecule has 1 unspecified atom stereocenters. The number of furan rings is 1. The second-order valence-electron chi connectivity index (χ2n) is 3.92. The van der Waals surface area contributed by atoms with E-state index in [0.29, 0.717) is 0 Å². The van der Waals surface area contributed by atoms with Crippen LogP contribution in [0.4, 0.5) is 0 Å². The third-order valence-corrected chi connectivity index (χ3v) is 3.92. The highest BCUT2D eigenvalue weighted by Gasteiger charge is 2.17. The molecule has 0 spiro atoms. The van der Waals surface area contributed by atoms with Crippen LogP contribution >= 0.6 is 11.3 Å². The standard InChI is InChI=1S/C14H13NOS/c1-15-13(12-6-3-8-16-12)11-5-2-4-10-7-9-17-14(10)11/h2-9,13,15H,1H3. The van der Waals surface area contributed by atoms with Crippen molar-refractivity contribution in [2.45, 2.75) is 6.04 Å². The minimum Gasteiger partial charge on any atom is -0.467 e. The molecular formula is C14H13NOS. The average molecular weight is 243 g/mol. The molecule has 0 aliphatic rings. The molecule has 3 rings (SSSR count). The fraction of sp³-hybridized carbons (Fsp3) is 0.143. The van der Waals surface area contributed by atoms with Crippen molar-refractivity contribution in [2.75, 3.05) is 7.05 Å². The number of benzene rings is 1. The number of rotatable bonds is 3. The maximum atomic E-state index is 5.51. The molecule has 0 bridgehead atoms. The molecule has 86 valence electrons. The van der Waals surface area contributed by atoms with Gasteiger partial charge in [0.05, 0.1) is 12.3 Å². The summed E-state index contributed by atoms with van der Waals surface area (Å²) in [5.74, 6) is 0.952. The van der Waals surface area contributed by atoms with Crippen molar-refractivity contribution in [3.05, 3.63) is 59.4 Å². The third kappa shape index (κ3) is 1.77. The monoisotopic (exact) mass is 243 g/mol. The first kappa shape index (κ1) is 10.6. The molecule has 3 aromatic rings. The summed E-state index contributed by atoms with van der Waals surface area (Å²) in [4.78, 5) is 0.